The van der Waals surface area contributed by atoms with Crippen LogP contribution in [0.2, 0.25) is 0 Å². The summed E-state index contributed by atoms with van der Waals surface area (Å²) in [5.74, 6) is -1.37. The largest absolute Gasteiger partial charge is 0.478 e. The molecular weight excluding hydrogens is 258 g/mol. The summed E-state index contributed by atoms with van der Waals surface area (Å²) in [6.07, 6.45) is 0.342. The summed E-state index contributed by atoms with van der Waals surface area (Å²) in [7, 11) is -3.50. The second-order valence-corrected chi connectivity index (χ2v) is 5.54. The topological polar surface area (TPSA) is 104 Å². The van der Waals surface area contributed by atoms with Crippen molar-refractivity contribution in [3.63, 3.8) is 0 Å². The number of hydrogen-bond acceptors (Lipinski definition) is 4. The van der Waals surface area contributed by atoms with Crippen molar-refractivity contribution < 1.29 is 23.4 Å². The molecule has 0 atom stereocenters. The number of aliphatic hydroxyl groups excluding tert-OH is 1. The average molecular weight is 273 g/mol. The molecule has 1 rings (SSSR count). The fourth-order valence-electron chi connectivity index (χ4n) is 1.37. The molecule has 0 radical (unpaired) electrons. The van der Waals surface area contributed by atoms with Crippen LogP contribution in [0.5, 0.6) is 0 Å². The van der Waals surface area contributed by atoms with Crippen LogP contribution in [0.25, 0.3) is 0 Å². The molecule has 0 saturated heterocycles. The summed E-state index contributed by atoms with van der Waals surface area (Å²) in [6.45, 7) is 0.0779. The molecule has 0 bridgehead atoms. The zero-order valence-electron chi connectivity index (χ0n) is 9.67. The van der Waals surface area contributed by atoms with E-state index < -0.39 is 16.0 Å². The van der Waals surface area contributed by atoms with E-state index in [1.165, 1.54) is 18.2 Å². The Bertz CT molecular complexity index is 512. The molecule has 0 spiro atoms. The van der Waals surface area contributed by atoms with Crippen molar-refractivity contribution in [3.05, 3.63) is 35.4 Å². The second kappa shape index (κ2) is 6.48. The lowest BCUT2D eigenvalue weighted by Crippen LogP contribution is -2.26. The average Bonchev–Trinajstić information content (AvgIpc) is 2.28. The summed E-state index contributed by atoms with van der Waals surface area (Å²) in [5.41, 5.74) is 0.462. The van der Waals surface area contributed by atoms with Crippen molar-refractivity contribution in [1.29, 1.82) is 0 Å². The van der Waals surface area contributed by atoms with Gasteiger partial charge in [-0.1, -0.05) is 12.1 Å². The molecule has 0 unspecified atom stereocenters. The van der Waals surface area contributed by atoms with Gasteiger partial charge in [-0.3, -0.25) is 0 Å². The maximum absolute atomic E-state index is 11.6. The Hall–Kier alpha value is -1.44. The van der Waals surface area contributed by atoms with Crippen LogP contribution >= 0.6 is 0 Å². The SMILES string of the molecule is O=C(O)c1cccc(CS(=O)(=O)NCCCO)c1. The van der Waals surface area contributed by atoms with Crippen molar-refractivity contribution in [2.24, 2.45) is 0 Å². The second-order valence-electron chi connectivity index (χ2n) is 3.74. The van der Waals surface area contributed by atoms with Gasteiger partial charge < -0.3 is 10.2 Å². The van der Waals surface area contributed by atoms with E-state index in [1.807, 2.05) is 0 Å². The summed E-state index contributed by atoms with van der Waals surface area (Å²) < 4.78 is 25.6. The van der Waals surface area contributed by atoms with Crippen LogP contribution in [0, 0.1) is 0 Å². The monoisotopic (exact) mass is 273 g/mol. The molecular formula is C11H15NO5S. The van der Waals surface area contributed by atoms with E-state index in [-0.39, 0.29) is 24.5 Å². The summed E-state index contributed by atoms with van der Waals surface area (Å²) in [5, 5.41) is 17.3. The minimum Gasteiger partial charge on any atom is -0.478 e. The normalized spacial score (nSPS) is 11.4. The third kappa shape index (κ3) is 4.82. The van der Waals surface area contributed by atoms with Crippen LogP contribution in [0.4, 0.5) is 0 Å². The Morgan fingerprint density at radius 1 is 1.33 bits per heavy atom. The van der Waals surface area contributed by atoms with Crippen molar-refractivity contribution in [1.82, 2.24) is 4.72 Å². The number of carboxylic acids is 1. The predicted molar refractivity (Wildman–Crippen MR) is 65.7 cm³/mol. The quantitative estimate of drug-likeness (QED) is 0.615. The summed E-state index contributed by atoms with van der Waals surface area (Å²) >= 11 is 0. The van der Waals surface area contributed by atoms with Gasteiger partial charge in [-0.05, 0) is 24.1 Å². The highest BCUT2D eigenvalue weighted by Crippen LogP contribution is 2.08. The van der Waals surface area contributed by atoms with E-state index in [1.54, 1.807) is 6.07 Å². The van der Waals surface area contributed by atoms with Crippen LogP contribution in [-0.2, 0) is 15.8 Å². The number of aliphatic hydroxyl groups is 1. The van der Waals surface area contributed by atoms with Gasteiger partial charge >= 0.3 is 5.97 Å². The van der Waals surface area contributed by atoms with E-state index in [4.69, 9.17) is 10.2 Å². The molecule has 6 nitrogen and oxygen atoms in total. The smallest absolute Gasteiger partial charge is 0.335 e. The Kier molecular flexibility index (Phi) is 5.26. The molecule has 7 heteroatoms. The minimum atomic E-state index is -3.50. The molecule has 1 aromatic carbocycles. The van der Waals surface area contributed by atoms with Gasteiger partial charge in [0, 0.05) is 13.2 Å². The maximum Gasteiger partial charge on any atom is 0.335 e. The molecule has 18 heavy (non-hydrogen) atoms. The first kappa shape index (κ1) is 14.6. The van der Waals surface area contributed by atoms with E-state index in [0.717, 1.165) is 0 Å². The fraction of sp³-hybridized carbons (Fsp3) is 0.364. The number of carbonyl (C=O) groups is 1. The molecule has 100 valence electrons. The van der Waals surface area contributed by atoms with Gasteiger partial charge in [0.1, 0.15) is 0 Å². The first-order valence-electron chi connectivity index (χ1n) is 5.35. The number of nitrogens with one attached hydrogen (secondary N) is 1. The Labute approximate surface area is 105 Å². The van der Waals surface area contributed by atoms with Crippen molar-refractivity contribution >= 4 is 16.0 Å². The molecule has 0 aliphatic carbocycles. The summed E-state index contributed by atoms with van der Waals surface area (Å²) in [6, 6.07) is 5.78. The molecule has 0 heterocycles. The van der Waals surface area contributed by atoms with Crippen molar-refractivity contribution in [3.8, 4) is 0 Å². The first-order valence-corrected chi connectivity index (χ1v) is 7.00. The third-order valence-corrected chi connectivity index (χ3v) is 3.54. The third-order valence-electron chi connectivity index (χ3n) is 2.19. The Morgan fingerprint density at radius 3 is 2.67 bits per heavy atom. The summed E-state index contributed by atoms with van der Waals surface area (Å²) in [4.78, 5) is 10.7. The number of carboxylic acid groups (broad SMARTS) is 1. The lowest BCUT2D eigenvalue weighted by Gasteiger charge is -2.06. The molecule has 0 fully saturated rings. The number of rotatable bonds is 7. The highest BCUT2D eigenvalue weighted by molar-refractivity contribution is 7.88. The van der Waals surface area contributed by atoms with Crippen LogP contribution in [0.1, 0.15) is 22.3 Å². The predicted octanol–water partition coefficient (Wildman–Crippen LogP) is 0.187. The maximum atomic E-state index is 11.6. The van der Waals surface area contributed by atoms with Gasteiger partial charge in [0.05, 0.1) is 11.3 Å². The standard InChI is InChI=1S/C11H15NO5S/c13-6-2-5-12-18(16,17)8-9-3-1-4-10(7-9)11(14)15/h1,3-4,7,12-13H,2,5-6,8H2,(H,14,15). The molecule has 1 aromatic rings. The van der Waals surface area contributed by atoms with Crippen molar-refractivity contribution in [2.45, 2.75) is 12.2 Å². The number of hydrogen-bond donors (Lipinski definition) is 3. The van der Waals surface area contributed by atoms with Gasteiger partial charge in [-0.25, -0.2) is 17.9 Å². The van der Waals surface area contributed by atoms with Gasteiger partial charge in [0.15, 0.2) is 0 Å². The fourth-order valence-corrected chi connectivity index (χ4v) is 2.55. The van der Waals surface area contributed by atoms with Crippen molar-refractivity contribution in [2.75, 3.05) is 13.2 Å². The van der Waals surface area contributed by atoms with Gasteiger partial charge in [0.2, 0.25) is 10.0 Å². The zero-order chi connectivity index (χ0) is 13.6. The minimum absolute atomic E-state index is 0.0538. The highest BCUT2D eigenvalue weighted by Gasteiger charge is 2.12. The van der Waals surface area contributed by atoms with Crippen LogP contribution in [-0.4, -0.2) is 37.8 Å². The highest BCUT2D eigenvalue weighted by atomic mass is 32.2. The van der Waals surface area contributed by atoms with E-state index in [2.05, 4.69) is 4.72 Å². The molecule has 3 N–H and O–H groups in total. The Balaban J connectivity index is 2.72. The van der Waals surface area contributed by atoms with Crippen LogP contribution in [0.15, 0.2) is 24.3 Å². The van der Waals surface area contributed by atoms with Gasteiger partial charge in [0.25, 0.3) is 0 Å². The van der Waals surface area contributed by atoms with E-state index in [0.29, 0.717) is 12.0 Å². The molecule has 0 aromatic heterocycles. The first-order chi connectivity index (χ1) is 8.44. The number of sulfonamides is 1. The Morgan fingerprint density at radius 2 is 2.06 bits per heavy atom. The van der Waals surface area contributed by atoms with Gasteiger partial charge in [-0.15, -0.1) is 0 Å². The van der Waals surface area contributed by atoms with Crippen LogP contribution in [0.3, 0.4) is 0 Å². The van der Waals surface area contributed by atoms with Crippen LogP contribution < -0.4 is 4.72 Å². The van der Waals surface area contributed by atoms with E-state index >= 15 is 0 Å². The number of aromatic carboxylic acids is 1. The number of benzene rings is 1. The zero-order valence-corrected chi connectivity index (χ0v) is 10.5. The molecule has 0 aliphatic heterocycles. The van der Waals surface area contributed by atoms with E-state index in [9.17, 15) is 13.2 Å². The lowest BCUT2D eigenvalue weighted by molar-refractivity contribution is 0.0696. The van der Waals surface area contributed by atoms with Gasteiger partial charge in [-0.2, -0.15) is 0 Å². The lowest BCUT2D eigenvalue weighted by atomic mass is 10.1. The molecule has 0 amide bonds. The molecule has 0 aliphatic rings. The molecule has 0 saturated carbocycles.